The molecule has 4 heterocycles. The summed E-state index contributed by atoms with van der Waals surface area (Å²) in [7, 11) is 1.57. The van der Waals surface area contributed by atoms with Crippen LogP contribution in [0.1, 0.15) is 6.92 Å². The van der Waals surface area contributed by atoms with Crippen LogP contribution in [0.4, 0.5) is 10.7 Å². The molecule has 0 saturated carbocycles. The maximum atomic E-state index is 12.9. The van der Waals surface area contributed by atoms with Crippen molar-refractivity contribution in [3.05, 3.63) is 51.2 Å². The van der Waals surface area contributed by atoms with Crippen LogP contribution < -0.4 is 16.1 Å². The molecule has 5 rings (SSSR count). The van der Waals surface area contributed by atoms with Gasteiger partial charge in [0.25, 0.3) is 5.56 Å². The molecule has 0 aliphatic carbocycles. The van der Waals surface area contributed by atoms with E-state index in [0.717, 1.165) is 5.69 Å². The molecule has 0 spiro atoms. The standard InChI is InChI=1S/C22H26N10O4S/c1-3-36-22(35)30-11-9-29(10-12-30)19-23-17-16(18(33)24-20(34)28(17)2)31(19)13-14-37-21-25-26-27-32(21)15-7-5-4-6-8-15/h4-8H,3,9-14H2,1-2H3,(H,24,33,34). The minimum Gasteiger partial charge on any atom is -0.450 e. The maximum Gasteiger partial charge on any atom is 0.409 e. The molecule has 1 saturated heterocycles. The number of tetrazole rings is 1. The first-order valence-electron chi connectivity index (χ1n) is 11.8. The number of nitrogens with one attached hydrogen (secondary N) is 1. The fourth-order valence-electron chi connectivity index (χ4n) is 4.21. The minimum absolute atomic E-state index is 0.302. The van der Waals surface area contributed by atoms with E-state index in [1.807, 2.05) is 39.8 Å². The second-order valence-electron chi connectivity index (χ2n) is 8.28. The molecule has 4 aromatic rings. The third-order valence-electron chi connectivity index (χ3n) is 6.06. The number of hydrogen-bond donors (Lipinski definition) is 1. The van der Waals surface area contributed by atoms with E-state index in [1.165, 1.54) is 16.3 Å². The first kappa shape index (κ1) is 24.5. The molecule has 0 unspecified atom stereocenters. The molecule has 0 radical (unpaired) electrons. The van der Waals surface area contributed by atoms with Crippen LogP contribution in [0, 0.1) is 0 Å². The van der Waals surface area contributed by atoms with Crippen LogP contribution in [0.3, 0.4) is 0 Å². The molecule has 1 aromatic carbocycles. The van der Waals surface area contributed by atoms with E-state index in [2.05, 4.69) is 25.5 Å². The summed E-state index contributed by atoms with van der Waals surface area (Å²) < 4.78 is 9.91. The van der Waals surface area contributed by atoms with Crippen molar-refractivity contribution in [2.75, 3.05) is 43.4 Å². The summed E-state index contributed by atoms with van der Waals surface area (Å²) in [5, 5.41) is 12.6. The zero-order valence-electron chi connectivity index (χ0n) is 20.4. The van der Waals surface area contributed by atoms with E-state index in [4.69, 9.17) is 4.74 Å². The Morgan fingerprint density at radius 3 is 2.62 bits per heavy atom. The molecule has 0 bridgehead atoms. The number of aromatic amines is 1. The molecule has 1 fully saturated rings. The molecule has 37 heavy (non-hydrogen) atoms. The lowest BCUT2D eigenvalue weighted by Crippen LogP contribution is -2.49. The summed E-state index contributed by atoms with van der Waals surface area (Å²) in [6.45, 7) is 4.43. The van der Waals surface area contributed by atoms with Gasteiger partial charge in [-0.3, -0.25) is 14.3 Å². The van der Waals surface area contributed by atoms with Crippen molar-refractivity contribution in [1.29, 1.82) is 0 Å². The summed E-state index contributed by atoms with van der Waals surface area (Å²) in [4.78, 5) is 47.9. The Kier molecular flexibility index (Phi) is 6.94. The van der Waals surface area contributed by atoms with Crippen LogP contribution in [0.2, 0.25) is 0 Å². The van der Waals surface area contributed by atoms with Gasteiger partial charge in [0.2, 0.25) is 11.1 Å². The van der Waals surface area contributed by atoms with Crippen molar-refractivity contribution in [2.24, 2.45) is 7.05 Å². The van der Waals surface area contributed by atoms with Gasteiger partial charge in [0, 0.05) is 45.5 Å². The highest BCUT2D eigenvalue weighted by Crippen LogP contribution is 2.24. The van der Waals surface area contributed by atoms with Crippen LogP contribution in [0.5, 0.6) is 0 Å². The number of piperazine rings is 1. The topological polar surface area (TPSA) is 149 Å². The summed E-state index contributed by atoms with van der Waals surface area (Å²) in [6, 6.07) is 9.57. The Morgan fingerprint density at radius 1 is 1.14 bits per heavy atom. The third-order valence-corrected chi connectivity index (χ3v) is 6.96. The number of nitrogens with zero attached hydrogens (tertiary/aromatic N) is 9. The number of hydrogen-bond acceptors (Lipinski definition) is 10. The number of ether oxygens (including phenoxy) is 1. The molecule has 14 nitrogen and oxygen atoms in total. The first-order chi connectivity index (χ1) is 18.0. The molecule has 1 N–H and O–H groups in total. The van der Waals surface area contributed by atoms with Crippen LogP contribution in [-0.2, 0) is 18.3 Å². The lowest BCUT2D eigenvalue weighted by Gasteiger charge is -2.34. The van der Waals surface area contributed by atoms with Crippen molar-refractivity contribution in [3.8, 4) is 5.69 Å². The van der Waals surface area contributed by atoms with Crippen molar-refractivity contribution < 1.29 is 9.53 Å². The number of H-pyrrole nitrogens is 1. The van der Waals surface area contributed by atoms with Crippen LogP contribution >= 0.6 is 11.8 Å². The van der Waals surface area contributed by atoms with Gasteiger partial charge < -0.3 is 19.1 Å². The average molecular weight is 527 g/mol. The monoisotopic (exact) mass is 526 g/mol. The largest absolute Gasteiger partial charge is 0.450 e. The Morgan fingerprint density at radius 2 is 1.89 bits per heavy atom. The second kappa shape index (κ2) is 10.5. The van der Waals surface area contributed by atoms with Gasteiger partial charge in [-0.15, -0.1) is 5.10 Å². The van der Waals surface area contributed by atoms with E-state index in [1.54, 1.807) is 23.6 Å². The fourth-order valence-corrected chi connectivity index (χ4v) is 5.02. The van der Waals surface area contributed by atoms with Crippen molar-refractivity contribution >= 4 is 35.0 Å². The number of amides is 1. The highest BCUT2D eigenvalue weighted by atomic mass is 32.2. The molecule has 0 atom stereocenters. The van der Waals surface area contributed by atoms with Gasteiger partial charge in [-0.05, 0) is 29.5 Å². The minimum atomic E-state index is -0.530. The third kappa shape index (κ3) is 4.81. The summed E-state index contributed by atoms with van der Waals surface area (Å²) in [5.41, 5.74) is 0.428. The van der Waals surface area contributed by atoms with E-state index >= 15 is 0 Å². The zero-order valence-corrected chi connectivity index (χ0v) is 21.2. The maximum absolute atomic E-state index is 12.9. The number of aryl methyl sites for hydroxylation is 2. The van der Waals surface area contributed by atoms with Gasteiger partial charge in [-0.25, -0.2) is 9.59 Å². The Bertz CT molecular complexity index is 1520. The van der Waals surface area contributed by atoms with Crippen LogP contribution in [0.25, 0.3) is 16.9 Å². The number of benzene rings is 1. The number of para-hydroxylation sites is 1. The number of aromatic nitrogens is 8. The second-order valence-corrected chi connectivity index (χ2v) is 9.35. The molecule has 1 aliphatic heterocycles. The van der Waals surface area contributed by atoms with Crippen molar-refractivity contribution in [1.82, 2.24) is 44.2 Å². The number of imidazole rings is 1. The highest BCUT2D eigenvalue weighted by Gasteiger charge is 2.27. The molecular formula is C22H26N10O4S. The SMILES string of the molecule is CCOC(=O)N1CCN(c2nc3c(c(=O)[nH]c(=O)n3C)n2CCSc2nnnn2-c2ccccc2)CC1. The first-order valence-corrected chi connectivity index (χ1v) is 12.8. The smallest absolute Gasteiger partial charge is 0.409 e. The van der Waals surface area contributed by atoms with Gasteiger partial charge >= 0.3 is 11.8 Å². The normalized spacial score (nSPS) is 13.9. The summed E-state index contributed by atoms with van der Waals surface area (Å²) in [6.07, 6.45) is -0.345. The summed E-state index contributed by atoms with van der Waals surface area (Å²) >= 11 is 1.44. The van der Waals surface area contributed by atoms with Gasteiger partial charge in [0.1, 0.15) is 0 Å². The van der Waals surface area contributed by atoms with E-state index in [-0.39, 0.29) is 6.09 Å². The lowest BCUT2D eigenvalue weighted by atomic mass is 10.3. The van der Waals surface area contributed by atoms with E-state index < -0.39 is 11.2 Å². The zero-order chi connectivity index (χ0) is 25.9. The van der Waals surface area contributed by atoms with Crippen molar-refractivity contribution in [3.63, 3.8) is 0 Å². The van der Waals surface area contributed by atoms with Crippen molar-refractivity contribution in [2.45, 2.75) is 18.6 Å². The predicted octanol–water partition coefficient (Wildman–Crippen LogP) is 0.470. The quantitative estimate of drug-likeness (QED) is 0.337. The van der Waals surface area contributed by atoms with Crippen LogP contribution in [0.15, 0.2) is 45.1 Å². The Hall–Kier alpha value is -4.14. The number of carbonyl (C=O) groups is 1. The van der Waals surface area contributed by atoms with Crippen LogP contribution in [-0.4, -0.2) is 88.8 Å². The van der Waals surface area contributed by atoms with Gasteiger partial charge in [-0.2, -0.15) is 9.67 Å². The fraction of sp³-hybridized carbons (Fsp3) is 0.409. The number of anilines is 1. The predicted molar refractivity (Wildman–Crippen MR) is 136 cm³/mol. The van der Waals surface area contributed by atoms with Gasteiger partial charge in [0.05, 0.1) is 12.3 Å². The molecular weight excluding hydrogens is 500 g/mol. The number of carbonyl (C=O) groups excluding carboxylic acids is 1. The van der Waals surface area contributed by atoms with E-state index in [9.17, 15) is 14.4 Å². The number of fused-ring (bicyclic) bond motifs is 1. The number of thioether (sulfide) groups is 1. The summed E-state index contributed by atoms with van der Waals surface area (Å²) in [5.74, 6) is 1.10. The number of rotatable bonds is 7. The van der Waals surface area contributed by atoms with Gasteiger partial charge in [-0.1, -0.05) is 30.0 Å². The molecule has 1 amide bonds. The van der Waals surface area contributed by atoms with Gasteiger partial charge in [0.15, 0.2) is 11.2 Å². The molecule has 3 aromatic heterocycles. The molecule has 1 aliphatic rings. The Balaban J connectivity index is 1.41. The molecule has 194 valence electrons. The lowest BCUT2D eigenvalue weighted by molar-refractivity contribution is 0.105. The average Bonchev–Trinajstić information content (AvgIpc) is 3.54. The van der Waals surface area contributed by atoms with E-state index in [0.29, 0.717) is 67.4 Å². The highest BCUT2D eigenvalue weighted by molar-refractivity contribution is 7.99. The molecule has 15 heteroatoms. The Labute approximate surface area is 214 Å².